The Labute approximate surface area is 120 Å². The molecule has 3 rings (SSSR count). The molecule has 0 amide bonds. The smallest absolute Gasteiger partial charge is 0.247 e. The van der Waals surface area contributed by atoms with Crippen LogP contribution in [0.5, 0.6) is 0 Å². The zero-order valence-corrected chi connectivity index (χ0v) is 12.1. The van der Waals surface area contributed by atoms with Gasteiger partial charge in [0.25, 0.3) is 0 Å². The van der Waals surface area contributed by atoms with Crippen LogP contribution < -0.4 is 5.32 Å². The summed E-state index contributed by atoms with van der Waals surface area (Å²) < 4.78 is 6.75. The number of aromatic nitrogens is 2. The number of benzene rings is 1. The van der Waals surface area contributed by atoms with E-state index in [2.05, 4.69) is 36.3 Å². The van der Waals surface area contributed by atoms with Crippen LogP contribution in [-0.4, -0.2) is 41.3 Å². The van der Waals surface area contributed by atoms with Gasteiger partial charge in [-0.05, 0) is 24.3 Å². The Morgan fingerprint density at radius 3 is 2.63 bits per heavy atom. The number of hydrogen-bond acceptors (Lipinski definition) is 5. The molecule has 100 valence electrons. The summed E-state index contributed by atoms with van der Waals surface area (Å²) in [6.45, 7) is 4.82. The van der Waals surface area contributed by atoms with E-state index in [-0.39, 0.29) is 0 Å². The van der Waals surface area contributed by atoms with E-state index < -0.39 is 0 Å². The second-order valence-corrected chi connectivity index (χ2v) is 5.45. The Morgan fingerprint density at radius 2 is 1.89 bits per heavy atom. The van der Waals surface area contributed by atoms with Gasteiger partial charge in [-0.2, -0.15) is 0 Å². The Balaban J connectivity index is 1.70. The summed E-state index contributed by atoms with van der Waals surface area (Å²) in [5, 5.41) is 11.6. The minimum absolute atomic E-state index is 0.581. The molecule has 0 spiro atoms. The fraction of sp³-hybridized carbons (Fsp3) is 0.385. The Kier molecular flexibility index (Phi) is 3.91. The predicted octanol–water partition coefficient (Wildman–Crippen LogP) is 1.90. The third kappa shape index (κ3) is 3.20. The molecule has 0 atom stereocenters. The minimum Gasteiger partial charge on any atom is -0.419 e. The van der Waals surface area contributed by atoms with Crippen molar-refractivity contribution in [2.45, 2.75) is 6.54 Å². The van der Waals surface area contributed by atoms with E-state index in [0.717, 1.165) is 42.8 Å². The predicted molar refractivity (Wildman–Crippen MR) is 75.6 cm³/mol. The molecule has 1 N–H and O–H groups in total. The Bertz CT molecular complexity index is 534. The number of nitrogens with zero attached hydrogens (tertiary/aromatic N) is 3. The quantitative estimate of drug-likeness (QED) is 0.935. The molecule has 1 fully saturated rings. The fourth-order valence-electron chi connectivity index (χ4n) is 2.09. The maximum atomic E-state index is 5.71. The van der Waals surface area contributed by atoms with Crippen molar-refractivity contribution in [1.82, 2.24) is 20.4 Å². The molecule has 2 aromatic rings. The van der Waals surface area contributed by atoms with E-state index in [4.69, 9.17) is 4.42 Å². The normalized spacial score (nSPS) is 16.7. The first-order valence-electron chi connectivity index (χ1n) is 6.33. The van der Waals surface area contributed by atoms with E-state index in [9.17, 15) is 0 Å². The number of hydrogen-bond donors (Lipinski definition) is 1. The van der Waals surface area contributed by atoms with Crippen molar-refractivity contribution >= 4 is 15.9 Å². The third-order valence-electron chi connectivity index (χ3n) is 3.13. The highest BCUT2D eigenvalue weighted by atomic mass is 79.9. The average Bonchev–Trinajstić information content (AvgIpc) is 2.89. The number of halogens is 1. The maximum absolute atomic E-state index is 5.71. The van der Waals surface area contributed by atoms with Crippen molar-refractivity contribution in [2.24, 2.45) is 0 Å². The summed E-state index contributed by atoms with van der Waals surface area (Å²) in [5.41, 5.74) is 0.947. The van der Waals surface area contributed by atoms with E-state index in [0.29, 0.717) is 11.8 Å². The van der Waals surface area contributed by atoms with Crippen LogP contribution in [0.15, 0.2) is 33.2 Å². The van der Waals surface area contributed by atoms with Gasteiger partial charge >= 0.3 is 0 Å². The van der Waals surface area contributed by atoms with Gasteiger partial charge in [0.05, 0.1) is 6.54 Å². The number of rotatable bonds is 3. The molecule has 5 nitrogen and oxygen atoms in total. The monoisotopic (exact) mass is 322 g/mol. The van der Waals surface area contributed by atoms with Gasteiger partial charge in [-0.15, -0.1) is 10.2 Å². The lowest BCUT2D eigenvalue weighted by molar-refractivity contribution is 0.213. The molecule has 1 aromatic heterocycles. The Hall–Kier alpha value is -1.24. The lowest BCUT2D eigenvalue weighted by Gasteiger charge is -2.25. The van der Waals surface area contributed by atoms with Crippen LogP contribution in [0.4, 0.5) is 0 Å². The van der Waals surface area contributed by atoms with Crippen molar-refractivity contribution in [2.75, 3.05) is 26.2 Å². The van der Waals surface area contributed by atoms with Crippen molar-refractivity contribution in [3.63, 3.8) is 0 Å². The fourth-order valence-corrected chi connectivity index (χ4v) is 2.35. The lowest BCUT2D eigenvalue weighted by Crippen LogP contribution is -2.42. The molecular formula is C13H15BrN4O. The second-order valence-electron chi connectivity index (χ2n) is 4.53. The molecular weight excluding hydrogens is 308 g/mol. The van der Waals surface area contributed by atoms with Crippen LogP contribution >= 0.6 is 15.9 Å². The van der Waals surface area contributed by atoms with Crippen LogP contribution in [0.25, 0.3) is 11.5 Å². The molecule has 2 heterocycles. The van der Waals surface area contributed by atoms with Crippen molar-refractivity contribution in [3.8, 4) is 11.5 Å². The van der Waals surface area contributed by atoms with Crippen molar-refractivity contribution < 1.29 is 4.42 Å². The first kappa shape index (κ1) is 12.8. The third-order valence-corrected chi connectivity index (χ3v) is 3.66. The van der Waals surface area contributed by atoms with Crippen LogP contribution in [0.3, 0.4) is 0 Å². The highest BCUT2D eigenvalue weighted by Crippen LogP contribution is 2.20. The summed E-state index contributed by atoms with van der Waals surface area (Å²) >= 11 is 3.41. The highest BCUT2D eigenvalue weighted by Gasteiger charge is 2.14. The molecule has 6 heteroatoms. The zero-order valence-electron chi connectivity index (χ0n) is 10.5. The highest BCUT2D eigenvalue weighted by molar-refractivity contribution is 9.10. The molecule has 1 aliphatic heterocycles. The molecule has 0 radical (unpaired) electrons. The topological polar surface area (TPSA) is 54.2 Å². The van der Waals surface area contributed by atoms with Crippen LogP contribution in [0.2, 0.25) is 0 Å². The molecule has 19 heavy (non-hydrogen) atoms. The van der Waals surface area contributed by atoms with Gasteiger partial charge in [0.1, 0.15) is 0 Å². The van der Waals surface area contributed by atoms with Gasteiger partial charge in [-0.25, -0.2) is 0 Å². The molecule has 0 aliphatic carbocycles. The summed E-state index contributed by atoms with van der Waals surface area (Å²) in [4.78, 5) is 2.31. The Morgan fingerprint density at radius 1 is 1.16 bits per heavy atom. The standard InChI is InChI=1S/C13H15BrN4O/c14-11-3-1-10(2-4-11)13-17-16-12(19-13)9-18-7-5-15-6-8-18/h1-4,15H,5-9H2. The van der Waals surface area contributed by atoms with E-state index in [1.54, 1.807) is 0 Å². The van der Waals surface area contributed by atoms with E-state index in [1.807, 2.05) is 24.3 Å². The van der Waals surface area contributed by atoms with Gasteiger partial charge in [0, 0.05) is 36.2 Å². The maximum Gasteiger partial charge on any atom is 0.247 e. The van der Waals surface area contributed by atoms with Crippen LogP contribution in [0, 0.1) is 0 Å². The minimum atomic E-state index is 0.581. The van der Waals surface area contributed by atoms with Crippen molar-refractivity contribution in [1.29, 1.82) is 0 Å². The number of nitrogens with one attached hydrogen (secondary N) is 1. The first-order chi connectivity index (χ1) is 9.31. The van der Waals surface area contributed by atoms with Crippen LogP contribution in [-0.2, 0) is 6.54 Å². The van der Waals surface area contributed by atoms with Gasteiger partial charge in [-0.3, -0.25) is 4.90 Å². The first-order valence-corrected chi connectivity index (χ1v) is 7.12. The van der Waals surface area contributed by atoms with Gasteiger partial charge in [-0.1, -0.05) is 15.9 Å². The zero-order chi connectivity index (χ0) is 13.1. The van der Waals surface area contributed by atoms with E-state index in [1.165, 1.54) is 0 Å². The molecule has 1 saturated heterocycles. The summed E-state index contributed by atoms with van der Waals surface area (Å²) in [7, 11) is 0. The van der Waals surface area contributed by atoms with Crippen LogP contribution in [0.1, 0.15) is 5.89 Å². The lowest BCUT2D eigenvalue weighted by atomic mass is 10.2. The summed E-state index contributed by atoms with van der Waals surface area (Å²) in [5.74, 6) is 1.26. The van der Waals surface area contributed by atoms with Gasteiger partial charge in [0.15, 0.2) is 0 Å². The molecule has 1 aromatic carbocycles. The van der Waals surface area contributed by atoms with Crippen molar-refractivity contribution in [3.05, 3.63) is 34.6 Å². The number of piperazine rings is 1. The summed E-state index contributed by atoms with van der Waals surface area (Å²) in [6.07, 6.45) is 0. The second kappa shape index (κ2) is 5.81. The summed E-state index contributed by atoms with van der Waals surface area (Å²) in [6, 6.07) is 7.86. The van der Waals surface area contributed by atoms with Gasteiger partial charge < -0.3 is 9.73 Å². The molecule has 1 aliphatic rings. The van der Waals surface area contributed by atoms with Gasteiger partial charge in [0.2, 0.25) is 11.8 Å². The SMILES string of the molecule is Brc1ccc(-c2nnc(CN3CCNCC3)o2)cc1. The molecule has 0 saturated carbocycles. The average molecular weight is 323 g/mol. The molecule has 0 unspecified atom stereocenters. The van der Waals surface area contributed by atoms with E-state index >= 15 is 0 Å². The molecule has 0 bridgehead atoms. The largest absolute Gasteiger partial charge is 0.419 e.